The number of aromatic nitrogens is 2. The summed E-state index contributed by atoms with van der Waals surface area (Å²) in [5.74, 6) is -2.22. The predicted molar refractivity (Wildman–Crippen MR) is 132 cm³/mol. The second kappa shape index (κ2) is 11.5. The lowest BCUT2D eigenvalue weighted by Crippen LogP contribution is -2.31. The van der Waals surface area contributed by atoms with E-state index in [1.807, 2.05) is 0 Å². The number of phenols is 1. The summed E-state index contributed by atoms with van der Waals surface area (Å²) in [4.78, 5) is 37.2. The van der Waals surface area contributed by atoms with Gasteiger partial charge in [-0.2, -0.15) is 0 Å². The van der Waals surface area contributed by atoms with Crippen LogP contribution in [0, 0.1) is 5.21 Å². The number of ether oxygens (including phenoxy) is 2. The van der Waals surface area contributed by atoms with Gasteiger partial charge in [0.15, 0.2) is 11.6 Å². The minimum atomic E-state index is -4.22. The third kappa shape index (κ3) is 5.67. The molecule has 1 heterocycles. The number of ketones is 2. The van der Waals surface area contributed by atoms with Crippen LogP contribution >= 0.6 is 0 Å². The van der Waals surface area contributed by atoms with Gasteiger partial charge in [-0.1, -0.05) is 30.3 Å². The Balaban J connectivity index is 1.23. The van der Waals surface area contributed by atoms with Gasteiger partial charge in [0.2, 0.25) is 0 Å². The number of hydrogen-bond acceptors (Lipinski definition) is 11. The van der Waals surface area contributed by atoms with E-state index in [9.17, 15) is 33.1 Å². The summed E-state index contributed by atoms with van der Waals surface area (Å²) in [5, 5.41) is 24.5. The number of carbonyl (C=O) groups excluding carboxylic acids is 3. The number of hydrogen-bond donors (Lipinski definition) is 1. The Kier molecular flexibility index (Phi) is 8.10. The Labute approximate surface area is 222 Å². The minimum Gasteiger partial charge on any atom is -0.507 e. The molecule has 0 saturated carbocycles. The van der Waals surface area contributed by atoms with Crippen LogP contribution in [0.25, 0.3) is 0 Å². The molecule has 1 aromatic heterocycles. The van der Waals surface area contributed by atoms with Gasteiger partial charge < -0.3 is 19.8 Å². The van der Waals surface area contributed by atoms with Gasteiger partial charge in [-0.05, 0) is 49.3 Å². The average Bonchev–Trinajstić information content (AvgIpc) is 3.30. The molecular formula is C26H24N2O10S. The van der Waals surface area contributed by atoms with Gasteiger partial charge in [-0.25, -0.2) is 8.42 Å². The molecule has 1 aliphatic carbocycles. The number of fused-ring (bicyclic) bond motifs is 1. The zero-order valence-corrected chi connectivity index (χ0v) is 21.6. The topological polar surface area (TPSA) is 177 Å². The van der Waals surface area contributed by atoms with Gasteiger partial charge in [-0.3, -0.25) is 19.0 Å². The smallest absolute Gasteiger partial charge is 0.414 e. The van der Waals surface area contributed by atoms with Crippen molar-refractivity contribution in [3.63, 3.8) is 0 Å². The zero-order valence-electron chi connectivity index (χ0n) is 20.8. The van der Waals surface area contributed by atoms with Crippen LogP contribution in [0.2, 0.25) is 0 Å². The quantitative estimate of drug-likeness (QED) is 0.209. The molecule has 1 N–H and O–H groups in total. The number of carbonyl (C=O) groups is 3. The van der Waals surface area contributed by atoms with E-state index in [2.05, 4.69) is 9.79 Å². The molecule has 0 saturated heterocycles. The normalized spacial score (nSPS) is 13.4. The van der Waals surface area contributed by atoms with Crippen molar-refractivity contribution in [2.75, 3.05) is 13.2 Å². The average molecular weight is 557 g/mol. The monoisotopic (exact) mass is 556 g/mol. The van der Waals surface area contributed by atoms with Crippen molar-refractivity contribution in [2.24, 2.45) is 0 Å². The standard InChI is InChI=1S/C26H24N2O10S/c1-16-18(24(32)22-19(23(16)31)10-7-11-20(22)29)12-13-21(30)36-14-5-6-15-37-25-26(28(33)38-27-25)39(34,35)17-8-3-2-4-9-17/h2-4,7-11,29H,5-6,12-15H2,1H3. The van der Waals surface area contributed by atoms with E-state index in [0.717, 1.165) is 0 Å². The molecule has 0 aliphatic heterocycles. The van der Waals surface area contributed by atoms with Crippen molar-refractivity contribution >= 4 is 27.4 Å². The summed E-state index contributed by atoms with van der Waals surface area (Å²) in [7, 11) is -4.22. The van der Waals surface area contributed by atoms with Gasteiger partial charge in [0.1, 0.15) is 5.75 Å². The van der Waals surface area contributed by atoms with E-state index < -0.39 is 32.5 Å². The summed E-state index contributed by atoms with van der Waals surface area (Å²) >= 11 is 0. The van der Waals surface area contributed by atoms with E-state index in [4.69, 9.17) is 9.47 Å². The van der Waals surface area contributed by atoms with E-state index in [0.29, 0.717) is 12.8 Å². The molecule has 0 radical (unpaired) electrons. The first-order valence-corrected chi connectivity index (χ1v) is 13.4. The molecule has 0 unspecified atom stereocenters. The number of unbranched alkanes of at least 4 members (excludes halogenated alkanes) is 1. The second-order valence-corrected chi connectivity index (χ2v) is 10.5. The molecule has 0 atom stereocenters. The molecule has 0 amide bonds. The maximum Gasteiger partial charge on any atom is 0.414 e. The first-order valence-electron chi connectivity index (χ1n) is 11.9. The third-order valence-electron chi connectivity index (χ3n) is 6.06. The molecule has 39 heavy (non-hydrogen) atoms. The number of allylic oxidation sites excluding steroid dienone is 2. The largest absolute Gasteiger partial charge is 0.507 e. The Morgan fingerprint density at radius 3 is 2.51 bits per heavy atom. The number of benzene rings is 2. The van der Waals surface area contributed by atoms with Crippen LogP contribution in [0.3, 0.4) is 0 Å². The molecule has 3 aromatic rings. The lowest BCUT2D eigenvalue weighted by Gasteiger charge is -2.19. The minimum absolute atomic E-state index is 0.0201. The van der Waals surface area contributed by atoms with E-state index >= 15 is 0 Å². The van der Waals surface area contributed by atoms with Gasteiger partial charge in [0, 0.05) is 23.1 Å². The van der Waals surface area contributed by atoms with E-state index in [1.54, 1.807) is 6.07 Å². The molecule has 2 aromatic carbocycles. The summed E-state index contributed by atoms with van der Waals surface area (Å²) in [6.45, 7) is 1.49. The van der Waals surface area contributed by atoms with Crippen LogP contribution in [-0.2, 0) is 19.4 Å². The SMILES string of the molecule is CC1=C(CCC(=O)OCCCCOc2no[n+]([O-])c2S(=O)(=O)c2ccccc2)C(=O)c2c(O)cccc2C1=O. The van der Waals surface area contributed by atoms with Crippen molar-refractivity contribution in [3.8, 4) is 11.6 Å². The van der Waals surface area contributed by atoms with Crippen LogP contribution in [-0.4, -0.2) is 49.4 Å². The zero-order chi connectivity index (χ0) is 28.2. The number of rotatable bonds is 11. The molecule has 1 aliphatic rings. The summed E-state index contributed by atoms with van der Waals surface area (Å²) in [5.41, 5.74) is 0.449. The van der Waals surface area contributed by atoms with Crippen molar-refractivity contribution < 1.29 is 46.9 Å². The van der Waals surface area contributed by atoms with Crippen LogP contribution < -0.4 is 9.64 Å². The van der Waals surface area contributed by atoms with Gasteiger partial charge >= 0.3 is 16.9 Å². The van der Waals surface area contributed by atoms with E-state index in [-0.39, 0.29) is 69.7 Å². The molecule has 0 fully saturated rings. The third-order valence-corrected chi connectivity index (χ3v) is 7.78. The van der Waals surface area contributed by atoms with Crippen molar-refractivity contribution in [2.45, 2.75) is 42.5 Å². The van der Waals surface area contributed by atoms with Crippen molar-refractivity contribution in [1.82, 2.24) is 5.16 Å². The molecular weight excluding hydrogens is 532 g/mol. The number of esters is 1. The van der Waals surface area contributed by atoms with E-state index in [1.165, 1.54) is 49.4 Å². The van der Waals surface area contributed by atoms with Gasteiger partial charge in [-0.15, -0.1) is 0 Å². The fourth-order valence-electron chi connectivity index (χ4n) is 4.03. The van der Waals surface area contributed by atoms with Crippen molar-refractivity contribution in [1.29, 1.82) is 0 Å². The predicted octanol–water partition coefficient (Wildman–Crippen LogP) is 2.72. The number of aromatic hydroxyl groups is 1. The van der Waals surface area contributed by atoms with Crippen molar-refractivity contribution in [3.05, 3.63) is 76.0 Å². The Morgan fingerprint density at radius 1 is 1.05 bits per heavy atom. The highest BCUT2D eigenvalue weighted by molar-refractivity contribution is 7.91. The highest BCUT2D eigenvalue weighted by Crippen LogP contribution is 2.33. The molecule has 0 bridgehead atoms. The van der Waals surface area contributed by atoms with Crippen LogP contribution in [0.5, 0.6) is 11.6 Å². The fourth-order valence-corrected chi connectivity index (χ4v) is 5.32. The lowest BCUT2D eigenvalue weighted by atomic mass is 9.82. The van der Waals surface area contributed by atoms with Crippen LogP contribution in [0.4, 0.5) is 0 Å². The first-order chi connectivity index (χ1) is 18.6. The summed E-state index contributed by atoms with van der Waals surface area (Å²) in [6, 6.07) is 11.6. The van der Waals surface area contributed by atoms with Gasteiger partial charge in [0.05, 0.1) is 28.8 Å². The number of nitrogens with zero attached hydrogens (tertiary/aromatic N) is 2. The highest BCUT2D eigenvalue weighted by atomic mass is 32.2. The Bertz CT molecular complexity index is 1560. The fraction of sp³-hybridized carbons (Fsp3) is 0.269. The molecule has 13 heteroatoms. The van der Waals surface area contributed by atoms with Crippen LogP contribution in [0.1, 0.15) is 53.3 Å². The maximum absolute atomic E-state index is 12.8. The molecule has 204 valence electrons. The lowest BCUT2D eigenvalue weighted by molar-refractivity contribution is -0.832. The molecule has 0 spiro atoms. The summed E-state index contributed by atoms with van der Waals surface area (Å²) in [6.07, 6.45) is 0.514. The van der Waals surface area contributed by atoms with Gasteiger partial charge in [0.25, 0.3) is 9.84 Å². The first kappa shape index (κ1) is 27.5. The highest BCUT2D eigenvalue weighted by Gasteiger charge is 2.36. The Morgan fingerprint density at radius 2 is 1.77 bits per heavy atom. The molecule has 12 nitrogen and oxygen atoms in total. The molecule has 4 rings (SSSR count). The second-order valence-electron chi connectivity index (χ2n) is 8.59. The maximum atomic E-state index is 12.8. The number of phenolic OH excluding ortho intramolecular Hbond substituents is 1. The Hall–Kier alpha value is -4.52. The number of sulfone groups is 1. The summed E-state index contributed by atoms with van der Waals surface area (Å²) < 4.78 is 40.4. The number of Topliss-reactive ketones (excluding diaryl/α,β-unsaturated/α-hetero) is 2. The van der Waals surface area contributed by atoms with Crippen LogP contribution in [0.15, 0.2) is 74.2 Å².